The summed E-state index contributed by atoms with van der Waals surface area (Å²) in [6.07, 6.45) is 4.88. The predicted molar refractivity (Wildman–Crippen MR) is 126 cm³/mol. The van der Waals surface area contributed by atoms with Gasteiger partial charge >= 0.3 is 11.9 Å². The molecule has 1 fully saturated rings. The van der Waals surface area contributed by atoms with Crippen molar-refractivity contribution < 1.29 is 34.2 Å². The number of H-pyrrole nitrogens is 1. The van der Waals surface area contributed by atoms with Gasteiger partial charge in [-0.2, -0.15) is 0 Å². The fourth-order valence-corrected chi connectivity index (χ4v) is 4.04. The first-order valence-corrected chi connectivity index (χ1v) is 11.9. The molecule has 3 amide bonds. The van der Waals surface area contributed by atoms with Crippen molar-refractivity contribution in [2.45, 2.75) is 75.5 Å². The van der Waals surface area contributed by atoms with E-state index in [2.05, 4.69) is 20.6 Å². The Hall–Kier alpha value is -3.52. The van der Waals surface area contributed by atoms with Crippen LogP contribution in [0.3, 0.4) is 0 Å². The van der Waals surface area contributed by atoms with Gasteiger partial charge in [0, 0.05) is 31.3 Å². The fraction of sp³-hybridized carbons (Fsp3) is 0.636. The third-order valence-electron chi connectivity index (χ3n) is 6.00. The molecule has 0 bridgehead atoms. The van der Waals surface area contributed by atoms with Crippen molar-refractivity contribution in [3.63, 3.8) is 0 Å². The maximum absolute atomic E-state index is 13.2. The SMILES string of the molecule is NCCCCC(N)C(=O)N1CCCC1C(=O)NC(Cc1cnc[nH]1)C(=O)NC(CCC(=O)O)C(=O)O. The number of nitrogens with zero attached hydrogens (tertiary/aromatic N) is 2. The van der Waals surface area contributed by atoms with Crippen LogP contribution in [0.2, 0.25) is 0 Å². The van der Waals surface area contributed by atoms with E-state index in [1.807, 2.05) is 0 Å². The lowest BCUT2D eigenvalue weighted by Gasteiger charge is -2.28. The minimum absolute atomic E-state index is 0.0257. The van der Waals surface area contributed by atoms with Gasteiger partial charge < -0.3 is 42.2 Å². The van der Waals surface area contributed by atoms with Crippen molar-refractivity contribution in [1.82, 2.24) is 25.5 Å². The van der Waals surface area contributed by atoms with Gasteiger partial charge in [0.15, 0.2) is 0 Å². The number of likely N-dealkylation sites (tertiary alicyclic amines) is 1. The van der Waals surface area contributed by atoms with Crippen molar-refractivity contribution in [2.75, 3.05) is 13.1 Å². The summed E-state index contributed by atoms with van der Waals surface area (Å²) in [5, 5.41) is 23.1. The first-order valence-electron chi connectivity index (χ1n) is 11.9. The largest absolute Gasteiger partial charge is 0.481 e. The molecule has 9 N–H and O–H groups in total. The summed E-state index contributed by atoms with van der Waals surface area (Å²) in [6, 6.07) is -4.23. The number of nitrogens with one attached hydrogen (secondary N) is 3. The molecule has 0 radical (unpaired) electrons. The zero-order chi connectivity index (χ0) is 26.7. The Morgan fingerprint density at radius 3 is 2.50 bits per heavy atom. The summed E-state index contributed by atoms with van der Waals surface area (Å²) in [6.45, 7) is 0.851. The minimum atomic E-state index is -1.45. The van der Waals surface area contributed by atoms with Crippen LogP contribution in [-0.4, -0.2) is 92.0 Å². The van der Waals surface area contributed by atoms with Crippen molar-refractivity contribution in [2.24, 2.45) is 11.5 Å². The predicted octanol–water partition coefficient (Wildman–Crippen LogP) is -1.68. The van der Waals surface area contributed by atoms with Gasteiger partial charge in [0.2, 0.25) is 17.7 Å². The van der Waals surface area contributed by atoms with Crippen LogP contribution >= 0.6 is 0 Å². The Labute approximate surface area is 208 Å². The number of carbonyl (C=O) groups excluding carboxylic acids is 3. The number of aromatic amines is 1. The maximum atomic E-state index is 13.2. The molecule has 1 aliphatic rings. The van der Waals surface area contributed by atoms with Crippen molar-refractivity contribution >= 4 is 29.7 Å². The standard InChI is InChI=1S/C22H35N7O7/c23-8-2-1-4-14(24)21(34)29-9-3-5-17(29)20(33)28-16(10-13-11-25-12-26-13)19(32)27-15(22(35)36)6-7-18(30)31/h11-12,14-17H,1-10,23-24H2,(H,25,26)(H,27,32)(H,28,33)(H,30,31)(H,35,36). The molecule has 14 heteroatoms. The number of hydrogen-bond acceptors (Lipinski definition) is 8. The third kappa shape index (κ3) is 8.61. The van der Waals surface area contributed by atoms with E-state index in [4.69, 9.17) is 16.6 Å². The van der Waals surface area contributed by atoms with E-state index in [0.717, 1.165) is 6.42 Å². The second kappa shape index (κ2) is 14.1. The lowest BCUT2D eigenvalue weighted by atomic mass is 10.1. The van der Waals surface area contributed by atoms with E-state index in [1.54, 1.807) is 0 Å². The maximum Gasteiger partial charge on any atom is 0.326 e. The number of hydrogen-bond donors (Lipinski definition) is 7. The Balaban J connectivity index is 2.11. The smallest absolute Gasteiger partial charge is 0.326 e. The summed E-state index contributed by atoms with van der Waals surface area (Å²) >= 11 is 0. The molecule has 1 aromatic rings. The molecule has 200 valence electrons. The molecule has 0 saturated carbocycles. The lowest BCUT2D eigenvalue weighted by Crippen LogP contribution is -2.57. The molecule has 1 aliphatic heterocycles. The molecule has 2 rings (SSSR count). The van der Waals surface area contributed by atoms with E-state index in [1.165, 1.54) is 17.4 Å². The summed E-state index contributed by atoms with van der Waals surface area (Å²) in [7, 11) is 0. The number of carboxylic acid groups (broad SMARTS) is 2. The highest BCUT2D eigenvalue weighted by Crippen LogP contribution is 2.20. The Kier molecular flexibility index (Phi) is 11.3. The molecule has 36 heavy (non-hydrogen) atoms. The fourth-order valence-electron chi connectivity index (χ4n) is 4.04. The minimum Gasteiger partial charge on any atom is -0.481 e. The van der Waals surface area contributed by atoms with Crippen molar-refractivity contribution in [1.29, 1.82) is 0 Å². The number of aromatic nitrogens is 2. The van der Waals surface area contributed by atoms with E-state index in [0.29, 0.717) is 44.5 Å². The molecule has 4 atom stereocenters. The molecule has 2 heterocycles. The second-order valence-electron chi connectivity index (χ2n) is 8.75. The highest BCUT2D eigenvalue weighted by Gasteiger charge is 2.38. The highest BCUT2D eigenvalue weighted by molar-refractivity contribution is 5.94. The van der Waals surface area contributed by atoms with Crippen LogP contribution in [0.1, 0.15) is 50.6 Å². The van der Waals surface area contributed by atoms with E-state index < -0.39 is 54.3 Å². The van der Waals surface area contributed by atoms with Gasteiger partial charge in [0.1, 0.15) is 18.1 Å². The monoisotopic (exact) mass is 509 g/mol. The molecule has 14 nitrogen and oxygen atoms in total. The van der Waals surface area contributed by atoms with Crippen LogP contribution in [0.5, 0.6) is 0 Å². The van der Waals surface area contributed by atoms with Crippen LogP contribution in [-0.2, 0) is 30.4 Å². The molecular formula is C22H35N7O7. The zero-order valence-electron chi connectivity index (χ0n) is 20.0. The molecule has 0 aliphatic carbocycles. The van der Waals surface area contributed by atoms with Gasteiger partial charge in [-0.3, -0.25) is 19.2 Å². The van der Waals surface area contributed by atoms with Crippen LogP contribution < -0.4 is 22.1 Å². The number of aliphatic carboxylic acids is 2. The number of nitrogens with two attached hydrogens (primary N) is 2. The van der Waals surface area contributed by atoms with E-state index in [9.17, 15) is 29.1 Å². The molecule has 1 saturated heterocycles. The Bertz CT molecular complexity index is 909. The number of amides is 3. The lowest BCUT2D eigenvalue weighted by molar-refractivity contribution is -0.144. The average Bonchev–Trinajstić information content (AvgIpc) is 3.52. The van der Waals surface area contributed by atoms with Crippen LogP contribution in [0.25, 0.3) is 0 Å². The number of carbonyl (C=O) groups is 5. The van der Waals surface area contributed by atoms with E-state index in [-0.39, 0.29) is 18.7 Å². The van der Waals surface area contributed by atoms with Gasteiger partial charge in [0.05, 0.1) is 12.4 Å². The van der Waals surface area contributed by atoms with Crippen molar-refractivity contribution in [3.8, 4) is 0 Å². The Morgan fingerprint density at radius 2 is 1.89 bits per heavy atom. The van der Waals surface area contributed by atoms with Crippen LogP contribution in [0.15, 0.2) is 12.5 Å². The van der Waals surface area contributed by atoms with Gasteiger partial charge in [-0.25, -0.2) is 9.78 Å². The molecule has 0 spiro atoms. The number of unbranched alkanes of at least 4 members (excludes halogenated alkanes) is 1. The number of rotatable bonds is 15. The molecule has 0 aromatic carbocycles. The first-order chi connectivity index (χ1) is 17.1. The Morgan fingerprint density at radius 1 is 1.14 bits per heavy atom. The molecular weight excluding hydrogens is 474 g/mol. The van der Waals surface area contributed by atoms with Crippen molar-refractivity contribution in [3.05, 3.63) is 18.2 Å². The van der Waals surface area contributed by atoms with Gasteiger partial charge in [0.25, 0.3) is 0 Å². The summed E-state index contributed by atoms with van der Waals surface area (Å²) < 4.78 is 0. The van der Waals surface area contributed by atoms with Gasteiger partial charge in [-0.15, -0.1) is 0 Å². The summed E-state index contributed by atoms with van der Waals surface area (Å²) in [5.74, 6) is -4.31. The summed E-state index contributed by atoms with van der Waals surface area (Å²) in [5.41, 5.74) is 12.0. The van der Waals surface area contributed by atoms with Gasteiger partial charge in [-0.05, 0) is 38.6 Å². The highest BCUT2D eigenvalue weighted by atomic mass is 16.4. The van der Waals surface area contributed by atoms with Crippen LogP contribution in [0, 0.1) is 0 Å². The summed E-state index contributed by atoms with van der Waals surface area (Å²) in [4.78, 5) is 69.5. The third-order valence-corrected chi connectivity index (χ3v) is 6.00. The molecule has 1 aromatic heterocycles. The zero-order valence-corrected chi connectivity index (χ0v) is 20.0. The first kappa shape index (κ1) is 28.7. The van der Waals surface area contributed by atoms with Crippen LogP contribution in [0.4, 0.5) is 0 Å². The number of carboxylic acids is 2. The topological polar surface area (TPSA) is 234 Å². The number of imidazole rings is 1. The average molecular weight is 510 g/mol. The van der Waals surface area contributed by atoms with E-state index >= 15 is 0 Å². The van der Waals surface area contributed by atoms with Gasteiger partial charge in [-0.1, -0.05) is 6.42 Å². The molecule has 4 unspecified atom stereocenters. The quantitative estimate of drug-likeness (QED) is 0.133. The second-order valence-corrected chi connectivity index (χ2v) is 8.75. The normalized spacial score (nSPS) is 17.7.